The second-order valence-corrected chi connectivity index (χ2v) is 10.1. The fraction of sp³-hybridized carbons (Fsp3) is 0.125. The van der Waals surface area contributed by atoms with Crippen molar-refractivity contribution in [3.63, 3.8) is 0 Å². The van der Waals surface area contributed by atoms with Crippen LogP contribution in [0.2, 0.25) is 0 Å². The summed E-state index contributed by atoms with van der Waals surface area (Å²) in [7, 11) is 0. The summed E-state index contributed by atoms with van der Waals surface area (Å²) >= 11 is 0. The average Bonchev–Trinajstić information content (AvgIpc) is 2.87. The maximum atomic E-state index is 14.4. The van der Waals surface area contributed by atoms with Gasteiger partial charge in [-0.15, -0.1) is 0 Å². The van der Waals surface area contributed by atoms with Gasteiger partial charge in [0.05, 0.1) is 11.2 Å². The molecule has 0 aliphatic heterocycles. The monoisotopic (exact) mass is 456 g/mol. The number of hydrogen-bond donors (Lipinski definition) is 0. The molecular formula is C32H25FN2. The van der Waals surface area contributed by atoms with Crippen molar-refractivity contribution in [2.24, 2.45) is 0 Å². The summed E-state index contributed by atoms with van der Waals surface area (Å²) in [6.45, 7) is 6.74. The molecule has 2 heterocycles. The van der Waals surface area contributed by atoms with Crippen LogP contribution in [0.25, 0.3) is 54.8 Å². The molecule has 0 radical (unpaired) electrons. The van der Waals surface area contributed by atoms with Gasteiger partial charge in [0.25, 0.3) is 0 Å². The maximum Gasteiger partial charge on any atom is 0.131 e. The number of rotatable bonds is 2. The largest absolute Gasteiger partial charge is 0.256 e. The zero-order valence-corrected chi connectivity index (χ0v) is 20.0. The minimum Gasteiger partial charge on any atom is -0.256 e. The van der Waals surface area contributed by atoms with Gasteiger partial charge in [-0.3, -0.25) is 9.97 Å². The van der Waals surface area contributed by atoms with Crippen LogP contribution in [0.3, 0.4) is 0 Å². The lowest BCUT2D eigenvalue weighted by molar-refractivity contribution is 0.596. The van der Waals surface area contributed by atoms with Gasteiger partial charge in [0.15, 0.2) is 0 Å². The molecular weight excluding hydrogens is 431 g/mol. The second-order valence-electron chi connectivity index (χ2n) is 10.1. The van der Waals surface area contributed by atoms with Crippen LogP contribution in [0.5, 0.6) is 0 Å². The van der Waals surface area contributed by atoms with E-state index in [9.17, 15) is 4.39 Å². The van der Waals surface area contributed by atoms with Crippen molar-refractivity contribution in [1.82, 2.24) is 9.97 Å². The lowest BCUT2D eigenvalue weighted by atomic mass is 9.82. The molecule has 6 aromatic rings. The molecule has 0 N–H and O–H groups in total. The van der Waals surface area contributed by atoms with E-state index in [1.54, 1.807) is 12.1 Å². The molecule has 2 aromatic heterocycles. The molecule has 0 aliphatic carbocycles. The van der Waals surface area contributed by atoms with Gasteiger partial charge in [-0.2, -0.15) is 0 Å². The van der Waals surface area contributed by atoms with Crippen molar-refractivity contribution in [3.8, 4) is 22.4 Å². The first-order valence-corrected chi connectivity index (χ1v) is 11.9. The van der Waals surface area contributed by atoms with Gasteiger partial charge in [-0.1, -0.05) is 75.4 Å². The normalized spacial score (nSPS) is 12.0. The molecule has 0 bridgehead atoms. The summed E-state index contributed by atoms with van der Waals surface area (Å²) in [4.78, 5) is 9.58. The van der Waals surface area contributed by atoms with E-state index in [1.807, 2.05) is 42.7 Å². The average molecular weight is 457 g/mol. The Labute approximate surface area is 204 Å². The summed E-state index contributed by atoms with van der Waals surface area (Å²) in [5.74, 6) is -0.231. The van der Waals surface area contributed by atoms with Crippen LogP contribution in [-0.2, 0) is 5.41 Å². The van der Waals surface area contributed by atoms with Crippen LogP contribution < -0.4 is 0 Å². The highest BCUT2D eigenvalue weighted by Crippen LogP contribution is 2.37. The number of fused-ring (bicyclic) bond motifs is 4. The molecule has 0 saturated carbocycles. The van der Waals surface area contributed by atoms with Gasteiger partial charge in [0, 0.05) is 34.3 Å². The van der Waals surface area contributed by atoms with Crippen molar-refractivity contribution in [1.29, 1.82) is 0 Å². The lowest BCUT2D eigenvalue weighted by Gasteiger charge is -2.23. The van der Waals surface area contributed by atoms with Crippen molar-refractivity contribution in [2.75, 3.05) is 0 Å². The summed E-state index contributed by atoms with van der Waals surface area (Å²) in [6, 6.07) is 27.9. The van der Waals surface area contributed by atoms with Crippen LogP contribution in [0.15, 0.2) is 97.3 Å². The topological polar surface area (TPSA) is 25.8 Å². The quantitative estimate of drug-likeness (QED) is 0.244. The third-order valence-electron chi connectivity index (χ3n) is 6.74. The molecule has 4 aromatic carbocycles. The van der Waals surface area contributed by atoms with Crippen molar-refractivity contribution >= 4 is 32.4 Å². The number of benzene rings is 4. The molecule has 0 unspecified atom stereocenters. The van der Waals surface area contributed by atoms with Crippen LogP contribution in [-0.4, -0.2) is 9.97 Å². The van der Waals surface area contributed by atoms with Gasteiger partial charge in [0.1, 0.15) is 5.82 Å². The number of pyridine rings is 2. The first-order valence-electron chi connectivity index (χ1n) is 11.9. The fourth-order valence-electron chi connectivity index (χ4n) is 5.00. The van der Waals surface area contributed by atoms with E-state index in [2.05, 4.69) is 57.2 Å². The van der Waals surface area contributed by atoms with E-state index in [0.29, 0.717) is 5.56 Å². The number of halogens is 1. The van der Waals surface area contributed by atoms with E-state index < -0.39 is 0 Å². The Balaban J connectivity index is 1.57. The summed E-state index contributed by atoms with van der Waals surface area (Å²) in [6.07, 6.45) is 3.77. The van der Waals surface area contributed by atoms with Crippen molar-refractivity contribution in [3.05, 3.63) is 109 Å². The Hall–Kier alpha value is -4.11. The van der Waals surface area contributed by atoms with Gasteiger partial charge in [0.2, 0.25) is 0 Å². The predicted octanol–water partition coefficient (Wildman–Crippen LogP) is 8.71. The third-order valence-corrected chi connectivity index (χ3v) is 6.74. The van der Waals surface area contributed by atoms with E-state index in [-0.39, 0.29) is 11.2 Å². The molecule has 35 heavy (non-hydrogen) atoms. The van der Waals surface area contributed by atoms with Gasteiger partial charge >= 0.3 is 0 Å². The van der Waals surface area contributed by atoms with Crippen molar-refractivity contribution < 1.29 is 4.39 Å². The molecule has 0 saturated heterocycles. The van der Waals surface area contributed by atoms with Crippen molar-refractivity contribution in [2.45, 2.75) is 26.2 Å². The van der Waals surface area contributed by atoms with Crippen LogP contribution in [0, 0.1) is 5.82 Å². The summed E-state index contributed by atoms with van der Waals surface area (Å²) in [5.41, 5.74) is 5.54. The number of nitrogens with zero attached hydrogens (tertiary/aromatic N) is 2. The van der Waals surface area contributed by atoms with Crippen LogP contribution in [0.4, 0.5) is 4.39 Å². The zero-order valence-electron chi connectivity index (χ0n) is 20.0. The number of hydrogen-bond acceptors (Lipinski definition) is 2. The second kappa shape index (κ2) is 7.99. The molecule has 3 heteroatoms. The van der Waals surface area contributed by atoms with Gasteiger partial charge in [-0.05, 0) is 63.0 Å². The Morgan fingerprint density at radius 1 is 0.657 bits per heavy atom. The minimum atomic E-state index is -0.231. The molecule has 0 spiro atoms. The molecule has 0 amide bonds. The first-order chi connectivity index (χ1) is 16.9. The van der Waals surface area contributed by atoms with E-state index >= 15 is 0 Å². The Morgan fingerprint density at radius 3 is 2.29 bits per heavy atom. The van der Waals surface area contributed by atoms with E-state index in [4.69, 9.17) is 9.97 Å². The SMILES string of the molecule is CC(C)(C)c1cc(-c2nccc3c2cnc2cc(-c4ccccc4F)ccc23)cc2ccccc12. The van der Waals surface area contributed by atoms with E-state index in [1.165, 1.54) is 22.4 Å². The third kappa shape index (κ3) is 3.64. The Morgan fingerprint density at radius 2 is 1.46 bits per heavy atom. The first kappa shape index (κ1) is 21.4. The maximum absolute atomic E-state index is 14.4. The smallest absolute Gasteiger partial charge is 0.131 e. The molecule has 0 fully saturated rings. The summed E-state index contributed by atoms with van der Waals surface area (Å²) < 4.78 is 14.4. The van der Waals surface area contributed by atoms with Gasteiger partial charge in [-0.25, -0.2) is 4.39 Å². The number of aromatic nitrogens is 2. The molecule has 0 aliphatic rings. The standard InChI is InChI=1S/C32H25FN2/c1-32(2,3)28-17-22(16-20-8-4-5-9-23(20)28)31-27-19-35-30-18-21(24-10-6-7-11-29(24)33)12-13-26(30)25(27)14-15-34-31/h4-19H,1-3H3. The van der Waals surface area contributed by atoms with Crippen LogP contribution in [0.1, 0.15) is 26.3 Å². The highest BCUT2D eigenvalue weighted by Gasteiger charge is 2.19. The Kier molecular flexibility index (Phi) is 4.89. The highest BCUT2D eigenvalue weighted by molar-refractivity contribution is 6.10. The fourth-order valence-corrected chi connectivity index (χ4v) is 5.00. The molecule has 0 atom stereocenters. The zero-order chi connectivity index (χ0) is 24.2. The van der Waals surface area contributed by atoms with E-state index in [0.717, 1.165) is 38.5 Å². The lowest BCUT2D eigenvalue weighted by Crippen LogP contribution is -2.12. The predicted molar refractivity (Wildman–Crippen MR) is 144 cm³/mol. The minimum absolute atomic E-state index is 0.00570. The molecule has 6 rings (SSSR count). The summed E-state index contributed by atoms with van der Waals surface area (Å²) in [5, 5.41) is 5.60. The Bertz CT molecular complexity index is 1750. The molecule has 170 valence electrons. The highest BCUT2D eigenvalue weighted by atomic mass is 19.1. The molecule has 2 nitrogen and oxygen atoms in total. The van der Waals surface area contributed by atoms with Crippen LogP contribution >= 0.6 is 0 Å². The van der Waals surface area contributed by atoms with Gasteiger partial charge < -0.3 is 0 Å².